The highest BCUT2D eigenvalue weighted by Gasteiger charge is 2.16. The monoisotopic (exact) mass is 300 g/mol. The van der Waals surface area contributed by atoms with Crippen molar-refractivity contribution in [2.75, 3.05) is 0 Å². The molecule has 1 aliphatic carbocycles. The molecule has 0 bridgehead atoms. The van der Waals surface area contributed by atoms with Crippen LogP contribution in [0.25, 0.3) is 11.1 Å². The molecule has 0 spiro atoms. The molecule has 4 heteroatoms. The van der Waals surface area contributed by atoms with E-state index in [2.05, 4.69) is 39.6 Å². The molecule has 1 heterocycles. The van der Waals surface area contributed by atoms with Crippen LogP contribution in [-0.2, 0) is 6.54 Å². The standard InChI is InChI=1S/C17H20N2OS/c20-17(19-15-6-2-3-7-15)18-11-13-5-1-4-8-16(13)14-9-10-21-12-14/h1,4-5,8-10,12,15H,2-3,6-7,11H2,(H2,18,19,20). The van der Waals surface area contributed by atoms with E-state index in [4.69, 9.17) is 0 Å². The lowest BCUT2D eigenvalue weighted by atomic mass is 10.0. The molecule has 0 radical (unpaired) electrons. The van der Waals surface area contributed by atoms with Gasteiger partial charge in [-0.3, -0.25) is 0 Å². The van der Waals surface area contributed by atoms with E-state index in [1.165, 1.54) is 24.0 Å². The van der Waals surface area contributed by atoms with E-state index in [9.17, 15) is 4.79 Å². The molecule has 0 aliphatic heterocycles. The number of thiophene rings is 1. The molecule has 110 valence electrons. The Hall–Kier alpha value is -1.81. The predicted molar refractivity (Wildman–Crippen MR) is 87.4 cm³/mol. The zero-order chi connectivity index (χ0) is 14.5. The largest absolute Gasteiger partial charge is 0.335 e. The summed E-state index contributed by atoms with van der Waals surface area (Å²) >= 11 is 1.69. The van der Waals surface area contributed by atoms with Crippen molar-refractivity contribution in [2.45, 2.75) is 38.3 Å². The highest BCUT2D eigenvalue weighted by Crippen LogP contribution is 2.25. The Bertz CT molecular complexity index is 589. The molecule has 1 aromatic carbocycles. The second-order valence-corrected chi connectivity index (χ2v) is 6.26. The van der Waals surface area contributed by atoms with E-state index in [1.54, 1.807) is 11.3 Å². The Morgan fingerprint density at radius 2 is 2.00 bits per heavy atom. The fraction of sp³-hybridized carbons (Fsp3) is 0.353. The molecule has 0 unspecified atom stereocenters. The summed E-state index contributed by atoms with van der Waals surface area (Å²) in [4.78, 5) is 11.9. The van der Waals surface area contributed by atoms with Crippen LogP contribution in [0, 0.1) is 0 Å². The van der Waals surface area contributed by atoms with Gasteiger partial charge in [0.2, 0.25) is 0 Å². The van der Waals surface area contributed by atoms with Crippen LogP contribution in [0.4, 0.5) is 4.79 Å². The zero-order valence-corrected chi connectivity index (χ0v) is 12.8. The molecule has 2 amide bonds. The molecule has 3 rings (SSSR count). The fourth-order valence-electron chi connectivity index (χ4n) is 2.86. The Morgan fingerprint density at radius 1 is 1.19 bits per heavy atom. The van der Waals surface area contributed by atoms with Crippen molar-refractivity contribution in [3.05, 3.63) is 46.7 Å². The van der Waals surface area contributed by atoms with Crippen LogP contribution in [0.2, 0.25) is 0 Å². The van der Waals surface area contributed by atoms with Crippen molar-refractivity contribution in [3.63, 3.8) is 0 Å². The quantitative estimate of drug-likeness (QED) is 0.874. The summed E-state index contributed by atoms with van der Waals surface area (Å²) in [5, 5.41) is 10.2. The van der Waals surface area contributed by atoms with Crippen molar-refractivity contribution in [1.29, 1.82) is 0 Å². The second-order valence-electron chi connectivity index (χ2n) is 5.48. The zero-order valence-electron chi connectivity index (χ0n) is 12.0. The summed E-state index contributed by atoms with van der Waals surface area (Å²) in [5.74, 6) is 0. The molecule has 21 heavy (non-hydrogen) atoms. The number of hydrogen-bond acceptors (Lipinski definition) is 2. The van der Waals surface area contributed by atoms with Gasteiger partial charge < -0.3 is 10.6 Å². The number of nitrogens with one attached hydrogen (secondary N) is 2. The highest BCUT2D eigenvalue weighted by atomic mass is 32.1. The Balaban J connectivity index is 1.61. The average molecular weight is 300 g/mol. The number of rotatable bonds is 4. The second kappa shape index (κ2) is 6.76. The molecule has 0 atom stereocenters. The number of carbonyl (C=O) groups is 1. The highest BCUT2D eigenvalue weighted by molar-refractivity contribution is 7.08. The third-order valence-electron chi connectivity index (χ3n) is 3.98. The van der Waals surface area contributed by atoms with Gasteiger partial charge in [-0.1, -0.05) is 37.1 Å². The number of amides is 2. The first kappa shape index (κ1) is 14.1. The van der Waals surface area contributed by atoms with E-state index in [-0.39, 0.29) is 6.03 Å². The van der Waals surface area contributed by atoms with Crippen molar-refractivity contribution in [1.82, 2.24) is 10.6 Å². The van der Waals surface area contributed by atoms with E-state index >= 15 is 0 Å². The van der Waals surface area contributed by atoms with Gasteiger partial charge in [-0.25, -0.2) is 4.79 Å². The average Bonchev–Trinajstić information content (AvgIpc) is 3.18. The number of carbonyl (C=O) groups excluding carboxylic acids is 1. The van der Waals surface area contributed by atoms with Gasteiger partial charge in [0.1, 0.15) is 0 Å². The Kier molecular flexibility index (Phi) is 4.55. The maximum Gasteiger partial charge on any atom is 0.315 e. The summed E-state index contributed by atoms with van der Waals surface area (Å²) in [6.07, 6.45) is 4.68. The van der Waals surface area contributed by atoms with Gasteiger partial charge in [0.05, 0.1) is 0 Å². The molecule has 1 aromatic heterocycles. The van der Waals surface area contributed by atoms with Crippen molar-refractivity contribution in [3.8, 4) is 11.1 Å². The number of benzene rings is 1. The lowest BCUT2D eigenvalue weighted by Crippen LogP contribution is -2.40. The van der Waals surface area contributed by atoms with E-state index in [0.29, 0.717) is 12.6 Å². The lowest BCUT2D eigenvalue weighted by molar-refractivity contribution is 0.236. The molecule has 2 aromatic rings. The minimum absolute atomic E-state index is 0.0537. The molecule has 1 saturated carbocycles. The van der Waals surface area contributed by atoms with Gasteiger partial charge in [-0.05, 0) is 46.4 Å². The summed E-state index contributed by atoms with van der Waals surface area (Å²) < 4.78 is 0. The molecular formula is C17H20N2OS. The summed E-state index contributed by atoms with van der Waals surface area (Å²) in [7, 11) is 0. The van der Waals surface area contributed by atoms with E-state index in [0.717, 1.165) is 18.4 Å². The first-order valence-electron chi connectivity index (χ1n) is 7.48. The molecule has 1 fully saturated rings. The number of hydrogen-bond donors (Lipinski definition) is 2. The normalized spacial score (nSPS) is 15.0. The van der Waals surface area contributed by atoms with Crippen LogP contribution < -0.4 is 10.6 Å². The predicted octanol–water partition coefficient (Wildman–Crippen LogP) is 4.16. The van der Waals surface area contributed by atoms with E-state index in [1.807, 2.05) is 12.1 Å². The summed E-state index contributed by atoms with van der Waals surface area (Å²) in [6.45, 7) is 0.560. The molecule has 3 nitrogen and oxygen atoms in total. The summed E-state index contributed by atoms with van der Waals surface area (Å²) in [5.41, 5.74) is 3.56. The SMILES string of the molecule is O=C(NCc1ccccc1-c1ccsc1)NC1CCCC1. The topological polar surface area (TPSA) is 41.1 Å². The van der Waals surface area contributed by atoms with Crippen molar-refractivity contribution >= 4 is 17.4 Å². The smallest absolute Gasteiger partial charge is 0.315 e. The first-order valence-corrected chi connectivity index (χ1v) is 8.42. The molecule has 1 aliphatic rings. The summed E-state index contributed by atoms with van der Waals surface area (Å²) in [6, 6.07) is 10.6. The maximum atomic E-state index is 11.9. The van der Waals surface area contributed by atoms with Crippen LogP contribution >= 0.6 is 11.3 Å². The minimum atomic E-state index is -0.0537. The van der Waals surface area contributed by atoms with E-state index < -0.39 is 0 Å². The third-order valence-corrected chi connectivity index (χ3v) is 4.66. The number of urea groups is 1. The molecular weight excluding hydrogens is 280 g/mol. The van der Waals surface area contributed by atoms with Gasteiger partial charge in [-0.2, -0.15) is 11.3 Å². The lowest BCUT2D eigenvalue weighted by Gasteiger charge is -2.14. The van der Waals surface area contributed by atoms with Gasteiger partial charge >= 0.3 is 6.03 Å². The Morgan fingerprint density at radius 3 is 2.76 bits per heavy atom. The molecule has 2 N–H and O–H groups in total. The fourth-order valence-corrected chi connectivity index (χ4v) is 3.51. The third kappa shape index (κ3) is 3.64. The van der Waals surface area contributed by atoms with Gasteiger partial charge in [0, 0.05) is 12.6 Å². The van der Waals surface area contributed by atoms with Crippen LogP contribution in [0.15, 0.2) is 41.1 Å². The van der Waals surface area contributed by atoms with Crippen LogP contribution in [0.3, 0.4) is 0 Å². The van der Waals surface area contributed by atoms with Crippen LogP contribution in [-0.4, -0.2) is 12.1 Å². The maximum absolute atomic E-state index is 11.9. The molecule has 0 saturated heterocycles. The van der Waals surface area contributed by atoms with Crippen LogP contribution in [0.5, 0.6) is 0 Å². The first-order chi connectivity index (χ1) is 10.3. The van der Waals surface area contributed by atoms with Crippen molar-refractivity contribution in [2.24, 2.45) is 0 Å². The van der Waals surface area contributed by atoms with Gasteiger partial charge in [0.25, 0.3) is 0 Å². The minimum Gasteiger partial charge on any atom is -0.335 e. The Labute approximate surface area is 129 Å². The van der Waals surface area contributed by atoms with Gasteiger partial charge in [-0.15, -0.1) is 0 Å². The van der Waals surface area contributed by atoms with Crippen molar-refractivity contribution < 1.29 is 4.79 Å². The van der Waals surface area contributed by atoms with Gasteiger partial charge in [0.15, 0.2) is 0 Å². The van der Waals surface area contributed by atoms with Crippen LogP contribution in [0.1, 0.15) is 31.2 Å².